The van der Waals surface area contributed by atoms with Crippen molar-refractivity contribution in [1.29, 1.82) is 0 Å². The molecule has 40 heavy (non-hydrogen) atoms. The van der Waals surface area contributed by atoms with E-state index >= 15 is 0 Å². The van der Waals surface area contributed by atoms with Crippen LogP contribution in [0.15, 0.2) is 89.8 Å². The van der Waals surface area contributed by atoms with Crippen molar-refractivity contribution in [2.75, 3.05) is 26.0 Å². The number of nitrogens with one attached hydrogen (secondary N) is 2. The summed E-state index contributed by atoms with van der Waals surface area (Å²) in [6.45, 7) is 2.99. The second-order valence-electron chi connectivity index (χ2n) is 9.63. The number of amides is 1. The van der Waals surface area contributed by atoms with Gasteiger partial charge in [-0.1, -0.05) is 67.6 Å². The molecule has 0 aliphatic carbocycles. The highest BCUT2D eigenvalue weighted by molar-refractivity contribution is 7.91. The highest BCUT2D eigenvalue weighted by Crippen LogP contribution is 2.15. The SMILES string of the molecule is CCCOC(CCS(=O)(=O)c1ccccc1)C(=O)N[C@@H](Cc1ccccc1)[C@@H](O)CNCc1cccc(OC)c1. The first-order chi connectivity index (χ1) is 19.3. The molecule has 0 aliphatic rings. The summed E-state index contributed by atoms with van der Waals surface area (Å²) >= 11 is 0. The molecule has 216 valence electrons. The topological polar surface area (TPSA) is 114 Å². The highest BCUT2D eigenvalue weighted by Gasteiger charge is 2.28. The minimum Gasteiger partial charge on any atom is -0.497 e. The minimum atomic E-state index is -3.58. The van der Waals surface area contributed by atoms with Gasteiger partial charge in [-0.25, -0.2) is 8.42 Å². The number of carbonyl (C=O) groups excluding carboxylic acids is 1. The molecular weight excluding hydrogens is 528 g/mol. The largest absolute Gasteiger partial charge is 0.497 e. The minimum absolute atomic E-state index is 0.00526. The summed E-state index contributed by atoms with van der Waals surface area (Å²) in [7, 11) is -1.97. The van der Waals surface area contributed by atoms with E-state index in [1.165, 1.54) is 0 Å². The third-order valence-corrected chi connectivity index (χ3v) is 8.24. The monoisotopic (exact) mass is 568 g/mol. The van der Waals surface area contributed by atoms with E-state index in [9.17, 15) is 18.3 Å². The summed E-state index contributed by atoms with van der Waals surface area (Å²) in [6, 6.07) is 24.8. The smallest absolute Gasteiger partial charge is 0.249 e. The molecule has 8 nitrogen and oxygen atoms in total. The van der Waals surface area contributed by atoms with Crippen molar-refractivity contribution in [3.63, 3.8) is 0 Å². The Morgan fingerprint density at radius 3 is 2.30 bits per heavy atom. The van der Waals surface area contributed by atoms with E-state index in [1.807, 2.05) is 61.5 Å². The molecule has 3 aromatic carbocycles. The number of aliphatic hydroxyl groups excluding tert-OH is 1. The zero-order valence-corrected chi connectivity index (χ0v) is 24.0. The molecule has 0 spiro atoms. The van der Waals surface area contributed by atoms with Gasteiger partial charge in [0.15, 0.2) is 9.84 Å². The lowest BCUT2D eigenvalue weighted by atomic mass is 10.0. The standard InChI is InChI=1S/C31H40N2O6S/c1-3-18-39-30(17-19-40(36,37)27-15-8-5-9-16-27)31(35)33-28(21-24-11-6-4-7-12-24)29(34)23-32-22-25-13-10-14-26(20-25)38-2/h4-16,20,28-30,32,34H,3,17-19,21-23H2,1-2H3,(H,33,35)/t28-,29-,30?/m0/s1. The zero-order valence-electron chi connectivity index (χ0n) is 23.2. The lowest BCUT2D eigenvalue weighted by molar-refractivity contribution is -0.134. The van der Waals surface area contributed by atoms with Gasteiger partial charge in [-0.2, -0.15) is 0 Å². The van der Waals surface area contributed by atoms with Gasteiger partial charge in [0.05, 0.1) is 29.9 Å². The van der Waals surface area contributed by atoms with Crippen LogP contribution in [-0.4, -0.2) is 63.7 Å². The third-order valence-electron chi connectivity index (χ3n) is 6.47. The predicted molar refractivity (Wildman–Crippen MR) is 156 cm³/mol. The summed E-state index contributed by atoms with van der Waals surface area (Å²) in [4.78, 5) is 13.6. The van der Waals surface area contributed by atoms with Gasteiger partial charge in [-0.05, 0) is 54.7 Å². The van der Waals surface area contributed by atoms with Gasteiger partial charge in [-0.15, -0.1) is 0 Å². The van der Waals surface area contributed by atoms with Crippen molar-refractivity contribution in [2.24, 2.45) is 0 Å². The van der Waals surface area contributed by atoms with E-state index in [-0.39, 0.29) is 23.6 Å². The maximum Gasteiger partial charge on any atom is 0.249 e. The molecule has 0 aromatic heterocycles. The molecule has 3 N–H and O–H groups in total. The van der Waals surface area contributed by atoms with Crippen molar-refractivity contribution in [2.45, 2.75) is 55.9 Å². The molecule has 1 amide bonds. The molecule has 0 bridgehead atoms. The summed E-state index contributed by atoms with van der Waals surface area (Å²) in [6.07, 6.45) is -0.786. The Kier molecular flexibility index (Phi) is 12.6. The first-order valence-electron chi connectivity index (χ1n) is 13.6. The number of ether oxygens (including phenoxy) is 2. The molecule has 3 rings (SSSR count). The first kappa shape index (κ1) is 31.3. The van der Waals surface area contributed by atoms with Crippen LogP contribution < -0.4 is 15.4 Å². The Morgan fingerprint density at radius 2 is 1.62 bits per heavy atom. The number of aliphatic hydroxyl groups is 1. The summed E-state index contributed by atoms with van der Waals surface area (Å²) in [5.74, 6) is 0.0817. The van der Waals surface area contributed by atoms with Gasteiger partial charge >= 0.3 is 0 Å². The van der Waals surface area contributed by atoms with Crippen molar-refractivity contribution in [3.8, 4) is 5.75 Å². The molecule has 1 unspecified atom stereocenters. The van der Waals surface area contributed by atoms with Crippen LogP contribution in [0.2, 0.25) is 0 Å². The number of carbonyl (C=O) groups is 1. The number of sulfone groups is 1. The fourth-order valence-electron chi connectivity index (χ4n) is 4.27. The molecular formula is C31H40N2O6S. The lowest BCUT2D eigenvalue weighted by Crippen LogP contribution is -2.52. The Hall–Kier alpha value is -3.24. The molecule has 0 radical (unpaired) electrons. The van der Waals surface area contributed by atoms with E-state index in [0.717, 1.165) is 16.9 Å². The van der Waals surface area contributed by atoms with Crippen LogP contribution in [0.3, 0.4) is 0 Å². The van der Waals surface area contributed by atoms with Crippen LogP contribution in [0.5, 0.6) is 5.75 Å². The highest BCUT2D eigenvalue weighted by atomic mass is 32.2. The predicted octanol–water partition coefficient (Wildman–Crippen LogP) is 3.53. The van der Waals surface area contributed by atoms with Crippen molar-refractivity contribution >= 4 is 15.7 Å². The molecule has 0 heterocycles. The number of methoxy groups -OCH3 is 1. The van der Waals surface area contributed by atoms with Crippen LogP contribution in [0.25, 0.3) is 0 Å². The Morgan fingerprint density at radius 1 is 0.950 bits per heavy atom. The number of benzene rings is 3. The quantitative estimate of drug-likeness (QED) is 0.228. The molecule has 0 saturated heterocycles. The number of rotatable bonds is 17. The normalized spacial score (nSPS) is 13.8. The van der Waals surface area contributed by atoms with Crippen molar-refractivity contribution in [1.82, 2.24) is 10.6 Å². The lowest BCUT2D eigenvalue weighted by Gasteiger charge is -2.27. The number of hydrogen-bond acceptors (Lipinski definition) is 7. The van der Waals surface area contributed by atoms with E-state index < -0.39 is 34.0 Å². The molecule has 0 aliphatic heterocycles. The summed E-state index contributed by atoms with van der Waals surface area (Å²) in [5.41, 5.74) is 1.96. The Bertz CT molecular complexity index is 1270. The van der Waals surface area contributed by atoms with Gasteiger partial charge in [0.25, 0.3) is 0 Å². The fourth-order valence-corrected chi connectivity index (χ4v) is 5.61. The Labute approximate surface area is 237 Å². The molecule has 3 aromatic rings. The van der Waals surface area contributed by atoms with Gasteiger partial charge in [-0.3, -0.25) is 4.79 Å². The second-order valence-corrected chi connectivity index (χ2v) is 11.7. The average molecular weight is 569 g/mol. The van der Waals surface area contributed by atoms with E-state index in [4.69, 9.17) is 9.47 Å². The summed E-state index contributed by atoms with van der Waals surface area (Å²) in [5, 5.41) is 17.3. The van der Waals surface area contributed by atoms with Crippen LogP contribution in [0, 0.1) is 0 Å². The first-order valence-corrected chi connectivity index (χ1v) is 15.2. The molecule has 9 heteroatoms. The fraction of sp³-hybridized carbons (Fsp3) is 0.387. The maximum absolute atomic E-state index is 13.4. The van der Waals surface area contributed by atoms with Crippen LogP contribution >= 0.6 is 0 Å². The average Bonchev–Trinajstić information content (AvgIpc) is 2.97. The maximum atomic E-state index is 13.4. The molecule has 3 atom stereocenters. The van der Waals surface area contributed by atoms with Crippen LogP contribution in [0.4, 0.5) is 0 Å². The Balaban J connectivity index is 1.68. The van der Waals surface area contributed by atoms with Crippen LogP contribution in [0.1, 0.15) is 30.9 Å². The zero-order chi connectivity index (χ0) is 28.8. The second kappa shape index (κ2) is 16.1. The third kappa shape index (κ3) is 10.1. The van der Waals surface area contributed by atoms with Gasteiger partial charge in [0.1, 0.15) is 11.9 Å². The van der Waals surface area contributed by atoms with Gasteiger partial charge in [0.2, 0.25) is 5.91 Å². The number of hydrogen-bond donors (Lipinski definition) is 3. The van der Waals surface area contributed by atoms with E-state index in [1.54, 1.807) is 37.4 Å². The van der Waals surface area contributed by atoms with Gasteiger partial charge in [0, 0.05) is 19.7 Å². The van der Waals surface area contributed by atoms with Gasteiger partial charge < -0.3 is 25.2 Å². The molecule has 0 fully saturated rings. The van der Waals surface area contributed by atoms with E-state index in [0.29, 0.717) is 26.0 Å². The van der Waals surface area contributed by atoms with Crippen LogP contribution in [-0.2, 0) is 32.3 Å². The van der Waals surface area contributed by atoms with Crippen molar-refractivity contribution < 1.29 is 27.8 Å². The molecule has 0 saturated carbocycles. The summed E-state index contributed by atoms with van der Waals surface area (Å²) < 4.78 is 36.7. The van der Waals surface area contributed by atoms with Crippen molar-refractivity contribution in [3.05, 3.63) is 96.1 Å². The van der Waals surface area contributed by atoms with E-state index in [2.05, 4.69) is 10.6 Å².